The summed E-state index contributed by atoms with van der Waals surface area (Å²) < 4.78 is 32.2. The van der Waals surface area contributed by atoms with Crippen molar-refractivity contribution < 1.29 is 17.9 Å². The summed E-state index contributed by atoms with van der Waals surface area (Å²) in [4.78, 5) is 12.7. The molecule has 2 rings (SSSR count). The second-order valence-corrected chi connectivity index (χ2v) is 8.97. The van der Waals surface area contributed by atoms with Gasteiger partial charge in [0.1, 0.15) is 5.60 Å². The number of nitrogens with zero attached hydrogens (tertiary/aromatic N) is 1. The van der Waals surface area contributed by atoms with Crippen LogP contribution in [0.2, 0.25) is 0 Å². The van der Waals surface area contributed by atoms with Crippen LogP contribution in [0.3, 0.4) is 0 Å². The third kappa shape index (κ3) is 5.33. The summed E-state index contributed by atoms with van der Waals surface area (Å²) in [5, 5.41) is 0. The monoisotopic (exact) mass is 375 g/mol. The van der Waals surface area contributed by atoms with E-state index in [9.17, 15) is 13.2 Å². The lowest BCUT2D eigenvalue weighted by Gasteiger charge is -2.27. The molecule has 6 heteroatoms. The van der Waals surface area contributed by atoms with E-state index in [1.807, 2.05) is 37.3 Å². The van der Waals surface area contributed by atoms with Gasteiger partial charge < -0.3 is 4.74 Å². The lowest BCUT2D eigenvalue weighted by Crippen LogP contribution is -2.41. The number of amides is 1. The molecule has 0 radical (unpaired) electrons. The summed E-state index contributed by atoms with van der Waals surface area (Å²) in [7, 11) is -4.00. The molecule has 5 nitrogen and oxygen atoms in total. The fourth-order valence-electron chi connectivity index (χ4n) is 2.34. The van der Waals surface area contributed by atoms with Crippen molar-refractivity contribution in [3.8, 4) is 0 Å². The summed E-state index contributed by atoms with van der Waals surface area (Å²) in [5.41, 5.74) is 1.10. The van der Waals surface area contributed by atoms with Crippen molar-refractivity contribution in [2.75, 3.05) is 6.54 Å². The molecule has 0 unspecified atom stereocenters. The molecule has 26 heavy (non-hydrogen) atoms. The van der Waals surface area contributed by atoms with Crippen LogP contribution < -0.4 is 0 Å². The molecule has 0 aliphatic heterocycles. The molecule has 0 N–H and O–H groups in total. The first-order chi connectivity index (χ1) is 12.1. The SMILES string of the molecule is Cc1ccc(S(=O)(=O)N(CCc2ccccc2)C(=O)OC(C)(C)C)cc1. The lowest BCUT2D eigenvalue weighted by molar-refractivity contribution is 0.0392. The molecule has 0 fully saturated rings. The molecular formula is C20H25NO4S. The zero-order chi connectivity index (χ0) is 19.4. The smallest absolute Gasteiger partial charge is 0.424 e. The Balaban J connectivity index is 2.32. The van der Waals surface area contributed by atoms with E-state index < -0.39 is 21.7 Å². The van der Waals surface area contributed by atoms with E-state index in [0.717, 1.165) is 15.4 Å². The number of hydrogen-bond donors (Lipinski definition) is 0. The topological polar surface area (TPSA) is 63.7 Å². The van der Waals surface area contributed by atoms with Crippen molar-refractivity contribution in [1.82, 2.24) is 4.31 Å². The number of carbonyl (C=O) groups excluding carboxylic acids is 1. The molecule has 0 atom stereocenters. The molecule has 2 aromatic carbocycles. The molecule has 0 saturated carbocycles. The highest BCUT2D eigenvalue weighted by molar-refractivity contribution is 7.89. The minimum absolute atomic E-state index is 0.00906. The van der Waals surface area contributed by atoms with Gasteiger partial charge in [-0.25, -0.2) is 17.5 Å². The Hall–Kier alpha value is -2.34. The van der Waals surface area contributed by atoms with E-state index in [0.29, 0.717) is 6.42 Å². The Bertz CT molecular complexity index is 838. The Morgan fingerprint density at radius 3 is 2.12 bits per heavy atom. The van der Waals surface area contributed by atoms with Crippen LogP contribution in [0.15, 0.2) is 59.5 Å². The maximum Gasteiger partial charge on any atom is 0.424 e. The molecule has 2 aromatic rings. The van der Waals surface area contributed by atoms with Crippen molar-refractivity contribution in [2.24, 2.45) is 0 Å². The largest absolute Gasteiger partial charge is 0.443 e. The molecule has 1 amide bonds. The maximum atomic E-state index is 13.0. The number of carbonyl (C=O) groups is 1. The minimum atomic E-state index is -4.00. The Kier molecular flexibility index (Phi) is 6.08. The van der Waals surface area contributed by atoms with Gasteiger partial charge in [-0.3, -0.25) is 0 Å². The molecule has 0 saturated heterocycles. The summed E-state index contributed by atoms with van der Waals surface area (Å²) in [6.07, 6.45) is -0.459. The van der Waals surface area contributed by atoms with Crippen LogP contribution in [-0.2, 0) is 21.2 Å². The fourth-order valence-corrected chi connectivity index (χ4v) is 3.63. The van der Waals surface area contributed by atoms with Crippen molar-refractivity contribution in [2.45, 2.75) is 44.6 Å². The van der Waals surface area contributed by atoms with E-state index >= 15 is 0 Å². The second-order valence-electron chi connectivity index (χ2n) is 7.11. The zero-order valence-electron chi connectivity index (χ0n) is 15.6. The van der Waals surface area contributed by atoms with Crippen LogP contribution in [0.5, 0.6) is 0 Å². The summed E-state index contributed by atoms with van der Waals surface area (Å²) in [5.74, 6) is 0. The first-order valence-electron chi connectivity index (χ1n) is 8.46. The zero-order valence-corrected chi connectivity index (χ0v) is 16.4. The third-order valence-electron chi connectivity index (χ3n) is 3.65. The average Bonchev–Trinajstić information content (AvgIpc) is 2.54. The molecule has 0 aromatic heterocycles. The first-order valence-corrected chi connectivity index (χ1v) is 9.90. The van der Waals surface area contributed by atoms with Gasteiger partial charge in [0.05, 0.1) is 4.90 Å². The van der Waals surface area contributed by atoms with Gasteiger partial charge in [0.15, 0.2) is 0 Å². The molecule has 0 aliphatic carbocycles. The van der Waals surface area contributed by atoms with Crippen LogP contribution in [0.1, 0.15) is 31.9 Å². The number of hydrogen-bond acceptors (Lipinski definition) is 4. The van der Waals surface area contributed by atoms with Crippen LogP contribution in [0, 0.1) is 6.92 Å². The van der Waals surface area contributed by atoms with E-state index in [1.54, 1.807) is 32.9 Å². The van der Waals surface area contributed by atoms with Crippen molar-refractivity contribution >= 4 is 16.1 Å². The minimum Gasteiger partial charge on any atom is -0.443 e. The van der Waals surface area contributed by atoms with E-state index in [1.165, 1.54) is 12.1 Å². The van der Waals surface area contributed by atoms with Crippen molar-refractivity contribution in [3.05, 3.63) is 65.7 Å². The Labute approximate surface area is 155 Å². The van der Waals surface area contributed by atoms with Gasteiger partial charge in [0, 0.05) is 6.54 Å². The summed E-state index contributed by atoms with van der Waals surface area (Å²) >= 11 is 0. The Morgan fingerprint density at radius 2 is 1.58 bits per heavy atom. The maximum absolute atomic E-state index is 13.0. The quantitative estimate of drug-likeness (QED) is 0.787. The molecule has 0 aliphatic rings. The van der Waals surface area contributed by atoms with Gasteiger partial charge in [0.2, 0.25) is 0 Å². The molecule has 140 valence electrons. The van der Waals surface area contributed by atoms with Crippen LogP contribution >= 0.6 is 0 Å². The summed E-state index contributed by atoms with van der Waals surface area (Å²) in [6, 6.07) is 15.8. The highest BCUT2D eigenvalue weighted by atomic mass is 32.2. The van der Waals surface area contributed by atoms with E-state index in [2.05, 4.69) is 0 Å². The van der Waals surface area contributed by atoms with E-state index in [-0.39, 0.29) is 11.4 Å². The van der Waals surface area contributed by atoms with Gasteiger partial charge in [-0.2, -0.15) is 0 Å². The number of sulfonamides is 1. The molecular weight excluding hydrogens is 350 g/mol. The highest BCUT2D eigenvalue weighted by Gasteiger charge is 2.32. The number of benzene rings is 2. The standard InChI is InChI=1S/C20H25NO4S/c1-16-10-12-18(13-11-16)26(23,24)21(19(22)25-20(2,3)4)15-14-17-8-6-5-7-9-17/h5-13H,14-15H2,1-4H3. The van der Waals surface area contributed by atoms with Crippen LogP contribution in [-0.4, -0.2) is 31.0 Å². The normalized spacial score (nSPS) is 11.8. The van der Waals surface area contributed by atoms with E-state index in [4.69, 9.17) is 4.74 Å². The number of ether oxygens (including phenoxy) is 1. The van der Waals surface area contributed by atoms with Crippen LogP contribution in [0.4, 0.5) is 4.79 Å². The highest BCUT2D eigenvalue weighted by Crippen LogP contribution is 2.20. The summed E-state index contributed by atoms with van der Waals surface area (Å²) in [6.45, 7) is 7.00. The van der Waals surface area contributed by atoms with Gasteiger partial charge in [-0.1, -0.05) is 48.0 Å². The predicted octanol–water partition coefficient (Wildman–Crippen LogP) is 4.16. The molecule has 0 spiro atoms. The van der Waals surface area contributed by atoms with Gasteiger partial charge in [0.25, 0.3) is 10.0 Å². The fraction of sp³-hybridized carbons (Fsp3) is 0.350. The number of aryl methyl sites for hydroxylation is 1. The Morgan fingerprint density at radius 1 is 1.00 bits per heavy atom. The first kappa shape index (κ1) is 20.0. The third-order valence-corrected chi connectivity index (χ3v) is 5.43. The molecule has 0 bridgehead atoms. The van der Waals surface area contributed by atoms with Crippen molar-refractivity contribution in [1.29, 1.82) is 0 Å². The van der Waals surface area contributed by atoms with Crippen molar-refractivity contribution in [3.63, 3.8) is 0 Å². The second kappa shape index (κ2) is 7.91. The molecule has 0 heterocycles. The average molecular weight is 375 g/mol. The van der Waals surface area contributed by atoms with Crippen LogP contribution in [0.25, 0.3) is 0 Å². The number of rotatable bonds is 5. The van der Waals surface area contributed by atoms with Gasteiger partial charge in [-0.15, -0.1) is 0 Å². The van der Waals surface area contributed by atoms with Gasteiger partial charge >= 0.3 is 6.09 Å². The lowest BCUT2D eigenvalue weighted by atomic mass is 10.1. The van der Waals surface area contributed by atoms with Gasteiger partial charge in [-0.05, 0) is 51.8 Å². The predicted molar refractivity (Wildman–Crippen MR) is 101 cm³/mol.